The van der Waals surface area contributed by atoms with Crippen LogP contribution < -0.4 is 15.4 Å². The topological polar surface area (TPSA) is 79.9 Å². The number of benzene rings is 2. The van der Waals surface area contributed by atoms with Gasteiger partial charge in [0.05, 0.1) is 13.2 Å². The van der Waals surface area contributed by atoms with Gasteiger partial charge >= 0.3 is 0 Å². The number of hydrogen-bond acceptors (Lipinski definition) is 5. The normalized spacial score (nSPS) is 10.2. The molecule has 0 spiro atoms. The Hall–Kier alpha value is -3.06. The molecule has 7 nitrogen and oxygen atoms in total. The molecular formula is C21H27N3O4. The lowest BCUT2D eigenvalue weighted by atomic mass is 10.2. The average Bonchev–Trinajstić information content (AvgIpc) is 2.70. The van der Waals surface area contributed by atoms with Gasteiger partial charge in [-0.1, -0.05) is 6.07 Å². The largest absolute Gasteiger partial charge is 0.491 e. The van der Waals surface area contributed by atoms with Gasteiger partial charge in [0.25, 0.3) is 5.91 Å². The van der Waals surface area contributed by atoms with Crippen molar-refractivity contribution in [2.75, 3.05) is 51.1 Å². The number of amides is 2. The maximum atomic E-state index is 12.1. The summed E-state index contributed by atoms with van der Waals surface area (Å²) in [5, 5.41) is 5.84. The van der Waals surface area contributed by atoms with Crippen molar-refractivity contribution in [3.8, 4) is 5.75 Å². The summed E-state index contributed by atoms with van der Waals surface area (Å²) in [6.45, 7) is 3.72. The minimum absolute atomic E-state index is 0.0864. The highest BCUT2D eigenvalue weighted by atomic mass is 16.5. The molecule has 28 heavy (non-hydrogen) atoms. The minimum atomic E-state index is -0.186. The van der Waals surface area contributed by atoms with E-state index in [0.29, 0.717) is 36.8 Å². The van der Waals surface area contributed by atoms with Crippen LogP contribution in [0.15, 0.2) is 48.5 Å². The van der Waals surface area contributed by atoms with Gasteiger partial charge in [-0.05, 0) is 49.4 Å². The predicted molar refractivity (Wildman–Crippen MR) is 110 cm³/mol. The van der Waals surface area contributed by atoms with Crippen molar-refractivity contribution in [3.63, 3.8) is 0 Å². The van der Waals surface area contributed by atoms with Gasteiger partial charge in [-0.25, -0.2) is 0 Å². The van der Waals surface area contributed by atoms with Crippen LogP contribution in [0.25, 0.3) is 0 Å². The van der Waals surface area contributed by atoms with Crippen LogP contribution in [0.3, 0.4) is 0 Å². The van der Waals surface area contributed by atoms with Crippen molar-refractivity contribution in [3.05, 3.63) is 54.1 Å². The first-order valence-corrected chi connectivity index (χ1v) is 9.15. The summed E-state index contributed by atoms with van der Waals surface area (Å²) in [6.07, 6.45) is 0. The molecule has 0 unspecified atom stereocenters. The summed E-state index contributed by atoms with van der Waals surface area (Å²) in [5.74, 6) is 0.448. The third-order valence-corrected chi connectivity index (χ3v) is 3.81. The Labute approximate surface area is 165 Å². The van der Waals surface area contributed by atoms with Gasteiger partial charge in [-0.2, -0.15) is 0 Å². The Bertz CT molecular complexity index is 775. The Morgan fingerprint density at radius 2 is 1.75 bits per heavy atom. The lowest BCUT2D eigenvalue weighted by Gasteiger charge is -2.12. The van der Waals surface area contributed by atoms with Crippen molar-refractivity contribution >= 4 is 23.2 Å². The number of anilines is 2. The molecule has 2 aromatic carbocycles. The summed E-state index contributed by atoms with van der Waals surface area (Å²) >= 11 is 0. The maximum Gasteiger partial charge on any atom is 0.253 e. The van der Waals surface area contributed by atoms with E-state index in [1.54, 1.807) is 56.6 Å². The molecule has 0 aliphatic carbocycles. The fraction of sp³-hybridized carbons (Fsp3) is 0.333. The molecule has 7 heteroatoms. The number of hydrogen-bond donors (Lipinski definition) is 2. The quantitative estimate of drug-likeness (QED) is 0.615. The summed E-state index contributed by atoms with van der Waals surface area (Å²) in [7, 11) is 3.40. The molecule has 2 rings (SSSR count). The highest BCUT2D eigenvalue weighted by Gasteiger charge is 2.09. The first kappa shape index (κ1) is 21.2. The fourth-order valence-corrected chi connectivity index (χ4v) is 2.41. The zero-order chi connectivity index (χ0) is 20.4. The molecule has 2 amide bonds. The number of rotatable bonds is 10. The fourth-order valence-electron chi connectivity index (χ4n) is 2.41. The number of carbonyl (C=O) groups excluding carboxylic acids is 2. The zero-order valence-corrected chi connectivity index (χ0v) is 16.5. The Balaban J connectivity index is 1.81. The highest BCUT2D eigenvalue weighted by Crippen LogP contribution is 2.16. The van der Waals surface area contributed by atoms with Gasteiger partial charge in [-0.15, -0.1) is 0 Å². The third kappa shape index (κ3) is 6.92. The van der Waals surface area contributed by atoms with Crippen LogP contribution in [-0.2, 0) is 9.53 Å². The molecule has 150 valence electrons. The van der Waals surface area contributed by atoms with Crippen LogP contribution in [0.1, 0.15) is 17.3 Å². The Kier molecular flexibility index (Phi) is 8.30. The predicted octanol–water partition coefficient (Wildman–Crippen LogP) is 2.85. The lowest BCUT2D eigenvalue weighted by Crippen LogP contribution is -2.23. The highest BCUT2D eigenvalue weighted by molar-refractivity contribution is 5.96. The third-order valence-electron chi connectivity index (χ3n) is 3.81. The summed E-state index contributed by atoms with van der Waals surface area (Å²) < 4.78 is 10.8. The second-order valence-corrected chi connectivity index (χ2v) is 6.25. The van der Waals surface area contributed by atoms with E-state index in [0.717, 1.165) is 5.75 Å². The van der Waals surface area contributed by atoms with Gasteiger partial charge in [0, 0.05) is 37.6 Å². The van der Waals surface area contributed by atoms with Gasteiger partial charge in [0.1, 0.15) is 12.4 Å². The first-order valence-electron chi connectivity index (χ1n) is 9.15. The second kappa shape index (κ2) is 10.9. The number of carbonyl (C=O) groups is 2. The van der Waals surface area contributed by atoms with E-state index < -0.39 is 0 Å². The van der Waals surface area contributed by atoms with E-state index in [-0.39, 0.29) is 18.4 Å². The molecular weight excluding hydrogens is 358 g/mol. The van der Waals surface area contributed by atoms with Gasteiger partial charge < -0.3 is 25.0 Å². The van der Waals surface area contributed by atoms with Crippen LogP contribution in [0.2, 0.25) is 0 Å². The molecule has 0 atom stereocenters. The van der Waals surface area contributed by atoms with Crippen molar-refractivity contribution in [1.82, 2.24) is 4.90 Å². The number of nitrogens with one attached hydrogen (secondary N) is 2. The van der Waals surface area contributed by atoms with Crippen molar-refractivity contribution in [2.24, 2.45) is 0 Å². The molecule has 0 radical (unpaired) electrons. The van der Waals surface area contributed by atoms with E-state index in [2.05, 4.69) is 10.6 Å². The second-order valence-electron chi connectivity index (χ2n) is 6.25. The van der Waals surface area contributed by atoms with E-state index in [4.69, 9.17) is 9.47 Å². The van der Waals surface area contributed by atoms with E-state index in [9.17, 15) is 9.59 Å². The van der Waals surface area contributed by atoms with Crippen LogP contribution in [0.4, 0.5) is 11.4 Å². The molecule has 0 aliphatic heterocycles. The summed E-state index contributed by atoms with van der Waals surface area (Å²) in [4.78, 5) is 25.7. The molecule has 0 aromatic heterocycles. The van der Waals surface area contributed by atoms with Crippen LogP contribution in [0.5, 0.6) is 5.75 Å². The zero-order valence-electron chi connectivity index (χ0n) is 16.5. The lowest BCUT2D eigenvalue weighted by molar-refractivity contribution is -0.114. The number of nitrogens with zero attached hydrogens (tertiary/aromatic N) is 1. The van der Waals surface area contributed by atoms with Crippen molar-refractivity contribution < 1.29 is 19.1 Å². The van der Waals surface area contributed by atoms with E-state index >= 15 is 0 Å². The summed E-state index contributed by atoms with van der Waals surface area (Å²) in [5.41, 5.74) is 1.96. The molecule has 2 aromatic rings. The van der Waals surface area contributed by atoms with Gasteiger partial charge in [0.15, 0.2) is 0 Å². The molecule has 0 heterocycles. The molecule has 0 aliphatic rings. The van der Waals surface area contributed by atoms with E-state index in [1.165, 1.54) is 4.90 Å². The molecule has 0 fully saturated rings. The standard InChI is InChI=1S/C21H27N3O4/c1-4-27-12-13-28-19-10-8-17(9-11-19)23-20(25)15-22-18-7-5-6-16(14-18)21(26)24(2)3/h5-11,14,22H,4,12-13,15H2,1-3H3,(H,23,25). The molecule has 0 saturated carbocycles. The van der Waals surface area contributed by atoms with Crippen LogP contribution in [-0.4, -0.2) is 57.2 Å². The van der Waals surface area contributed by atoms with Crippen LogP contribution in [0, 0.1) is 0 Å². The maximum absolute atomic E-state index is 12.1. The van der Waals surface area contributed by atoms with Gasteiger partial charge in [0.2, 0.25) is 5.91 Å². The average molecular weight is 385 g/mol. The van der Waals surface area contributed by atoms with Crippen LogP contribution >= 0.6 is 0 Å². The Morgan fingerprint density at radius 1 is 1.00 bits per heavy atom. The first-order chi connectivity index (χ1) is 13.5. The molecule has 2 N–H and O–H groups in total. The number of ether oxygens (including phenoxy) is 2. The smallest absolute Gasteiger partial charge is 0.253 e. The van der Waals surface area contributed by atoms with Gasteiger partial charge in [-0.3, -0.25) is 9.59 Å². The SMILES string of the molecule is CCOCCOc1ccc(NC(=O)CNc2cccc(C(=O)N(C)C)c2)cc1. The van der Waals surface area contributed by atoms with Crippen molar-refractivity contribution in [2.45, 2.75) is 6.92 Å². The van der Waals surface area contributed by atoms with E-state index in [1.807, 2.05) is 13.0 Å². The van der Waals surface area contributed by atoms with Crippen molar-refractivity contribution in [1.29, 1.82) is 0 Å². The molecule has 0 saturated heterocycles. The minimum Gasteiger partial charge on any atom is -0.491 e. The summed E-state index contributed by atoms with van der Waals surface area (Å²) in [6, 6.07) is 14.2. The Morgan fingerprint density at radius 3 is 2.43 bits per heavy atom. The molecule has 0 bridgehead atoms. The monoisotopic (exact) mass is 385 g/mol.